The van der Waals surface area contributed by atoms with Gasteiger partial charge in [-0.05, 0) is 43.5 Å². The summed E-state index contributed by atoms with van der Waals surface area (Å²) >= 11 is 0. The van der Waals surface area contributed by atoms with Crippen LogP contribution in [-0.4, -0.2) is 22.7 Å². The molecule has 2 aromatic carbocycles. The van der Waals surface area contributed by atoms with Crippen LogP contribution in [0, 0.1) is 6.92 Å². The Hall–Kier alpha value is -2.33. The van der Waals surface area contributed by atoms with Gasteiger partial charge in [-0.15, -0.1) is 0 Å². The maximum absolute atomic E-state index is 9.30. The summed E-state index contributed by atoms with van der Waals surface area (Å²) in [5.74, 6) is 0. The average Bonchev–Trinajstić information content (AvgIpc) is 2.96. The molecule has 3 rings (SSSR count). The van der Waals surface area contributed by atoms with Gasteiger partial charge >= 0.3 is 0 Å². The van der Waals surface area contributed by atoms with E-state index in [1.165, 1.54) is 5.56 Å². The molecule has 0 amide bonds. The molecule has 0 aliphatic heterocycles. The van der Waals surface area contributed by atoms with Gasteiger partial charge in [0, 0.05) is 19.2 Å². The first-order chi connectivity index (χ1) is 11.2. The van der Waals surface area contributed by atoms with Crippen molar-refractivity contribution in [3.63, 3.8) is 0 Å². The molecule has 0 saturated heterocycles. The van der Waals surface area contributed by atoms with Gasteiger partial charge in [0.25, 0.3) is 6.01 Å². The molecule has 1 aromatic heterocycles. The van der Waals surface area contributed by atoms with E-state index >= 15 is 0 Å². The van der Waals surface area contributed by atoms with Crippen LogP contribution in [0.1, 0.15) is 24.5 Å². The standard InChI is InChI=1S/C19H22N2O2/c1-14-8-9-18-17(12-14)20-19(23-18)21(15(2)10-11-22)13-16-6-4-3-5-7-16/h3-9,12,15,22H,10-11,13H2,1-2H3/t15-/m0/s1. The van der Waals surface area contributed by atoms with Gasteiger partial charge in [0.2, 0.25) is 0 Å². The van der Waals surface area contributed by atoms with Crippen LogP contribution >= 0.6 is 0 Å². The van der Waals surface area contributed by atoms with Crippen LogP contribution in [0.2, 0.25) is 0 Å². The molecule has 0 unspecified atom stereocenters. The summed E-state index contributed by atoms with van der Waals surface area (Å²) in [6, 6.07) is 17.0. The number of hydrogen-bond acceptors (Lipinski definition) is 4. The van der Waals surface area contributed by atoms with Crippen molar-refractivity contribution in [2.45, 2.75) is 32.9 Å². The van der Waals surface area contributed by atoms with Crippen molar-refractivity contribution < 1.29 is 9.52 Å². The van der Waals surface area contributed by atoms with Gasteiger partial charge in [-0.3, -0.25) is 0 Å². The zero-order chi connectivity index (χ0) is 16.2. The molecular weight excluding hydrogens is 288 g/mol. The first-order valence-electron chi connectivity index (χ1n) is 7.96. The maximum atomic E-state index is 9.30. The minimum atomic E-state index is 0.134. The van der Waals surface area contributed by atoms with Gasteiger partial charge in [0.1, 0.15) is 5.52 Å². The summed E-state index contributed by atoms with van der Waals surface area (Å²) in [4.78, 5) is 6.76. The van der Waals surface area contributed by atoms with Crippen molar-refractivity contribution in [3.05, 3.63) is 59.7 Å². The van der Waals surface area contributed by atoms with E-state index < -0.39 is 0 Å². The molecule has 0 aliphatic carbocycles. The van der Waals surface area contributed by atoms with Crippen molar-refractivity contribution in [1.82, 2.24) is 4.98 Å². The summed E-state index contributed by atoms with van der Waals surface area (Å²) < 4.78 is 5.96. The molecule has 0 aliphatic rings. The van der Waals surface area contributed by atoms with Crippen molar-refractivity contribution in [2.24, 2.45) is 0 Å². The Bertz CT molecular complexity index is 767. The lowest BCUT2D eigenvalue weighted by Gasteiger charge is -2.27. The Labute approximate surface area is 136 Å². The zero-order valence-corrected chi connectivity index (χ0v) is 13.6. The van der Waals surface area contributed by atoms with E-state index in [0.717, 1.165) is 16.7 Å². The first-order valence-corrected chi connectivity index (χ1v) is 7.96. The average molecular weight is 310 g/mol. The highest BCUT2D eigenvalue weighted by Gasteiger charge is 2.20. The Morgan fingerprint density at radius 2 is 1.96 bits per heavy atom. The fourth-order valence-corrected chi connectivity index (χ4v) is 2.68. The van der Waals surface area contributed by atoms with Crippen LogP contribution in [-0.2, 0) is 6.54 Å². The maximum Gasteiger partial charge on any atom is 0.298 e. The normalized spacial score (nSPS) is 12.5. The predicted octanol–water partition coefficient (Wildman–Crippen LogP) is 3.91. The van der Waals surface area contributed by atoms with E-state index in [2.05, 4.69) is 28.9 Å². The molecule has 1 atom stereocenters. The Kier molecular flexibility index (Phi) is 4.63. The highest BCUT2D eigenvalue weighted by molar-refractivity contribution is 5.75. The predicted molar refractivity (Wildman–Crippen MR) is 92.5 cm³/mol. The molecule has 23 heavy (non-hydrogen) atoms. The highest BCUT2D eigenvalue weighted by atomic mass is 16.4. The van der Waals surface area contributed by atoms with E-state index in [9.17, 15) is 5.11 Å². The Morgan fingerprint density at radius 1 is 1.17 bits per heavy atom. The van der Waals surface area contributed by atoms with Crippen LogP contribution in [0.3, 0.4) is 0 Å². The minimum absolute atomic E-state index is 0.134. The van der Waals surface area contributed by atoms with Crippen LogP contribution in [0.25, 0.3) is 11.1 Å². The lowest BCUT2D eigenvalue weighted by molar-refractivity contribution is 0.274. The summed E-state index contributed by atoms with van der Waals surface area (Å²) in [7, 11) is 0. The summed E-state index contributed by atoms with van der Waals surface area (Å²) in [5, 5.41) is 9.30. The van der Waals surface area contributed by atoms with Gasteiger partial charge in [0.15, 0.2) is 5.58 Å². The molecule has 1 N–H and O–H groups in total. The Balaban J connectivity index is 1.95. The number of oxazole rings is 1. The van der Waals surface area contributed by atoms with Gasteiger partial charge < -0.3 is 14.4 Å². The molecule has 0 radical (unpaired) electrons. The largest absolute Gasteiger partial charge is 0.423 e. The number of rotatable bonds is 6. The summed E-state index contributed by atoms with van der Waals surface area (Å²) in [5.41, 5.74) is 4.01. The lowest BCUT2D eigenvalue weighted by atomic mass is 10.1. The molecule has 0 bridgehead atoms. The number of anilines is 1. The van der Waals surface area contributed by atoms with Crippen LogP contribution in [0.15, 0.2) is 52.9 Å². The number of aliphatic hydroxyl groups is 1. The quantitative estimate of drug-likeness (QED) is 0.750. The second-order valence-electron chi connectivity index (χ2n) is 5.94. The molecule has 1 heterocycles. The van der Waals surface area contributed by atoms with Crippen LogP contribution in [0.4, 0.5) is 6.01 Å². The number of benzene rings is 2. The molecule has 120 valence electrons. The van der Waals surface area contributed by atoms with Gasteiger partial charge in [-0.25, -0.2) is 0 Å². The molecule has 4 nitrogen and oxygen atoms in total. The van der Waals surface area contributed by atoms with Gasteiger partial charge in [0.05, 0.1) is 0 Å². The molecule has 0 fully saturated rings. The SMILES string of the molecule is Cc1ccc2oc(N(Cc3ccccc3)[C@@H](C)CCO)nc2c1. The third-order valence-corrected chi connectivity index (χ3v) is 4.05. The van der Waals surface area contributed by atoms with E-state index in [0.29, 0.717) is 19.0 Å². The number of nitrogens with zero attached hydrogens (tertiary/aromatic N) is 2. The van der Waals surface area contributed by atoms with Crippen molar-refractivity contribution in [3.8, 4) is 0 Å². The third-order valence-electron chi connectivity index (χ3n) is 4.05. The topological polar surface area (TPSA) is 49.5 Å². The first kappa shape index (κ1) is 15.6. The van der Waals surface area contributed by atoms with E-state index in [4.69, 9.17) is 4.42 Å². The molecular formula is C19H22N2O2. The number of aromatic nitrogens is 1. The van der Waals surface area contributed by atoms with Crippen molar-refractivity contribution in [2.75, 3.05) is 11.5 Å². The zero-order valence-electron chi connectivity index (χ0n) is 13.6. The van der Waals surface area contributed by atoms with Gasteiger partial charge in [-0.1, -0.05) is 36.4 Å². The van der Waals surface area contributed by atoms with Gasteiger partial charge in [-0.2, -0.15) is 4.98 Å². The van der Waals surface area contributed by atoms with E-state index in [1.54, 1.807) is 0 Å². The molecule has 3 aromatic rings. The fraction of sp³-hybridized carbons (Fsp3) is 0.316. The number of aryl methyl sites for hydroxylation is 1. The second-order valence-corrected chi connectivity index (χ2v) is 5.94. The smallest absolute Gasteiger partial charge is 0.298 e. The van der Waals surface area contributed by atoms with Crippen molar-refractivity contribution >= 4 is 17.1 Å². The fourth-order valence-electron chi connectivity index (χ4n) is 2.68. The monoisotopic (exact) mass is 310 g/mol. The van der Waals surface area contributed by atoms with Crippen LogP contribution in [0.5, 0.6) is 0 Å². The number of aliphatic hydroxyl groups excluding tert-OH is 1. The number of fused-ring (bicyclic) bond motifs is 1. The highest BCUT2D eigenvalue weighted by Crippen LogP contribution is 2.26. The van der Waals surface area contributed by atoms with Crippen LogP contribution < -0.4 is 4.90 Å². The lowest BCUT2D eigenvalue weighted by Crippen LogP contribution is -2.33. The summed E-state index contributed by atoms with van der Waals surface area (Å²) in [6.07, 6.45) is 0.671. The van der Waals surface area contributed by atoms with E-state index in [1.807, 2.05) is 43.3 Å². The second kappa shape index (κ2) is 6.84. The molecule has 0 saturated carbocycles. The minimum Gasteiger partial charge on any atom is -0.423 e. The third kappa shape index (κ3) is 3.54. The summed E-state index contributed by atoms with van der Waals surface area (Å²) in [6.45, 7) is 4.97. The van der Waals surface area contributed by atoms with Crippen molar-refractivity contribution in [1.29, 1.82) is 0 Å². The molecule has 4 heteroatoms. The molecule has 0 spiro atoms. The van der Waals surface area contributed by atoms with E-state index in [-0.39, 0.29) is 12.6 Å². The number of hydrogen-bond donors (Lipinski definition) is 1. The Morgan fingerprint density at radius 3 is 2.70 bits per heavy atom.